The van der Waals surface area contributed by atoms with Crippen LogP contribution in [0.4, 0.5) is 4.79 Å². The molecule has 0 bridgehead atoms. The van der Waals surface area contributed by atoms with Gasteiger partial charge in [0.15, 0.2) is 0 Å². The number of carboxylic acids is 1. The van der Waals surface area contributed by atoms with Crippen molar-refractivity contribution < 1.29 is 19.4 Å². The predicted molar refractivity (Wildman–Crippen MR) is 80.2 cm³/mol. The molecule has 21 heavy (non-hydrogen) atoms. The molecule has 2 amide bonds. The summed E-state index contributed by atoms with van der Waals surface area (Å²) >= 11 is 0. The van der Waals surface area contributed by atoms with E-state index in [1.54, 1.807) is 11.8 Å². The van der Waals surface area contributed by atoms with E-state index in [0.717, 1.165) is 0 Å². The van der Waals surface area contributed by atoms with Crippen LogP contribution in [0.5, 0.6) is 0 Å². The van der Waals surface area contributed by atoms with Gasteiger partial charge in [0.25, 0.3) is 0 Å². The minimum Gasteiger partial charge on any atom is -0.481 e. The number of carboxylic acid groups (broad SMARTS) is 1. The maximum Gasteiger partial charge on any atom is 0.317 e. The maximum absolute atomic E-state index is 12.3. The second-order valence-corrected chi connectivity index (χ2v) is 6.31. The summed E-state index contributed by atoms with van der Waals surface area (Å²) in [5.74, 6) is -0.492. The van der Waals surface area contributed by atoms with Crippen molar-refractivity contribution in [2.45, 2.75) is 46.6 Å². The number of carbonyl (C=O) groups is 2. The Bertz CT molecular complexity index is 363. The van der Waals surface area contributed by atoms with Gasteiger partial charge < -0.3 is 20.1 Å². The van der Waals surface area contributed by atoms with Crippen LogP contribution in [0.1, 0.15) is 40.5 Å². The second-order valence-electron chi connectivity index (χ2n) is 6.31. The molecule has 2 N–H and O–H groups in total. The number of urea groups is 1. The average Bonchev–Trinajstić information content (AvgIpc) is 2.43. The van der Waals surface area contributed by atoms with Gasteiger partial charge in [-0.2, -0.15) is 0 Å². The van der Waals surface area contributed by atoms with Crippen LogP contribution in [0.25, 0.3) is 0 Å². The summed E-state index contributed by atoms with van der Waals surface area (Å²) in [6.45, 7) is 9.85. The van der Waals surface area contributed by atoms with Crippen molar-refractivity contribution in [3.05, 3.63) is 0 Å². The summed E-state index contributed by atoms with van der Waals surface area (Å²) in [5, 5.41) is 12.2. The van der Waals surface area contributed by atoms with E-state index in [9.17, 15) is 14.7 Å². The Hall–Kier alpha value is -1.30. The topological polar surface area (TPSA) is 78.9 Å². The maximum atomic E-state index is 12.3. The van der Waals surface area contributed by atoms with Crippen molar-refractivity contribution in [2.75, 3.05) is 26.3 Å². The van der Waals surface area contributed by atoms with Gasteiger partial charge in [-0.25, -0.2) is 4.79 Å². The van der Waals surface area contributed by atoms with Crippen LogP contribution in [-0.4, -0.2) is 54.4 Å². The third-order valence-corrected chi connectivity index (χ3v) is 4.29. The fraction of sp³-hybridized carbons (Fsp3) is 0.867. The Morgan fingerprint density at radius 1 is 1.33 bits per heavy atom. The first-order valence-corrected chi connectivity index (χ1v) is 7.66. The fourth-order valence-electron chi connectivity index (χ4n) is 2.31. The first kappa shape index (κ1) is 17.8. The zero-order valence-electron chi connectivity index (χ0n) is 13.5. The summed E-state index contributed by atoms with van der Waals surface area (Å²) in [6.07, 6.45) is 0.987. The highest BCUT2D eigenvalue weighted by molar-refractivity contribution is 5.77. The number of aliphatic carboxylic acids is 1. The number of amides is 2. The highest BCUT2D eigenvalue weighted by Crippen LogP contribution is 2.31. The zero-order chi connectivity index (χ0) is 16.0. The van der Waals surface area contributed by atoms with E-state index in [1.165, 1.54) is 0 Å². The Balaban J connectivity index is 2.51. The van der Waals surface area contributed by atoms with Crippen LogP contribution >= 0.6 is 0 Å². The van der Waals surface area contributed by atoms with Gasteiger partial charge in [0.1, 0.15) is 0 Å². The van der Waals surface area contributed by atoms with Gasteiger partial charge in [-0.3, -0.25) is 4.79 Å². The van der Waals surface area contributed by atoms with Gasteiger partial charge in [0.2, 0.25) is 0 Å². The van der Waals surface area contributed by atoms with Gasteiger partial charge in [-0.1, -0.05) is 13.8 Å². The molecule has 122 valence electrons. The summed E-state index contributed by atoms with van der Waals surface area (Å²) in [5.41, 5.74) is -0.709. The quantitative estimate of drug-likeness (QED) is 0.786. The number of rotatable bonds is 6. The van der Waals surface area contributed by atoms with E-state index in [2.05, 4.69) is 5.32 Å². The monoisotopic (exact) mass is 300 g/mol. The van der Waals surface area contributed by atoms with Crippen LogP contribution in [0, 0.1) is 11.3 Å². The molecule has 0 aliphatic carbocycles. The predicted octanol–water partition coefficient (Wildman–Crippen LogP) is 1.94. The number of ether oxygens (including phenoxy) is 1. The number of piperidine rings is 1. The Kier molecular flexibility index (Phi) is 6.45. The number of hydrogen-bond donors (Lipinski definition) is 2. The molecule has 1 atom stereocenters. The lowest BCUT2D eigenvalue weighted by molar-refractivity contribution is -0.150. The van der Waals surface area contributed by atoms with Crippen LogP contribution < -0.4 is 5.32 Å². The van der Waals surface area contributed by atoms with Crippen molar-refractivity contribution in [2.24, 2.45) is 11.3 Å². The van der Waals surface area contributed by atoms with E-state index < -0.39 is 11.4 Å². The lowest BCUT2D eigenvalue weighted by atomic mass is 9.80. The van der Waals surface area contributed by atoms with Crippen LogP contribution in [-0.2, 0) is 9.53 Å². The van der Waals surface area contributed by atoms with E-state index in [0.29, 0.717) is 39.1 Å². The number of nitrogens with zero attached hydrogens (tertiary/aromatic N) is 1. The number of nitrogens with one attached hydrogen (secondary N) is 1. The summed E-state index contributed by atoms with van der Waals surface area (Å²) in [6, 6.07) is -0.147. The highest BCUT2D eigenvalue weighted by atomic mass is 16.5. The van der Waals surface area contributed by atoms with E-state index in [4.69, 9.17) is 4.74 Å². The minimum absolute atomic E-state index is 0.0229. The lowest BCUT2D eigenvalue weighted by Gasteiger charge is -2.37. The van der Waals surface area contributed by atoms with Gasteiger partial charge in [-0.05, 0) is 32.6 Å². The van der Waals surface area contributed by atoms with Gasteiger partial charge in [0.05, 0.1) is 18.1 Å². The molecule has 0 radical (unpaired) electrons. The molecule has 0 spiro atoms. The Morgan fingerprint density at radius 3 is 2.33 bits per heavy atom. The van der Waals surface area contributed by atoms with E-state index in [1.807, 2.05) is 20.8 Å². The van der Waals surface area contributed by atoms with Gasteiger partial charge in [0, 0.05) is 19.7 Å². The first-order valence-electron chi connectivity index (χ1n) is 7.66. The molecular weight excluding hydrogens is 272 g/mol. The molecular formula is C15H28N2O4. The molecule has 0 aromatic heterocycles. The zero-order valence-corrected chi connectivity index (χ0v) is 13.5. The molecule has 1 fully saturated rings. The summed E-state index contributed by atoms with van der Waals surface area (Å²) < 4.78 is 5.40. The van der Waals surface area contributed by atoms with Crippen molar-refractivity contribution in [3.8, 4) is 0 Å². The molecule has 1 aliphatic heterocycles. The molecule has 1 rings (SSSR count). The van der Waals surface area contributed by atoms with Crippen molar-refractivity contribution in [1.82, 2.24) is 10.2 Å². The molecule has 0 aromatic carbocycles. The molecule has 6 nitrogen and oxygen atoms in total. The molecule has 6 heteroatoms. The van der Waals surface area contributed by atoms with Crippen molar-refractivity contribution in [3.63, 3.8) is 0 Å². The van der Waals surface area contributed by atoms with E-state index >= 15 is 0 Å². The molecule has 1 aliphatic rings. The number of hydrogen-bond acceptors (Lipinski definition) is 3. The largest absolute Gasteiger partial charge is 0.481 e. The Morgan fingerprint density at radius 2 is 1.90 bits per heavy atom. The van der Waals surface area contributed by atoms with Crippen LogP contribution in [0.15, 0.2) is 0 Å². The molecule has 1 saturated heterocycles. The highest BCUT2D eigenvalue weighted by Gasteiger charge is 2.38. The normalized spacial score (nSPS) is 19.4. The number of likely N-dealkylation sites (tertiary alicyclic amines) is 1. The van der Waals surface area contributed by atoms with Crippen molar-refractivity contribution >= 4 is 12.0 Å². The fourth-order valence-corrected chi connectivity index (χ4v) is 2.31. The van der Waals surface area contributed by atoms with Crippen molar-refractivity contribution in [1.29, 1.82) is 0 Å². The third kappa shape index (κ3) is 4.88. The smallest absolute Gasteiger partial charge is 0.317 e. The lowest BCUT2D eigenvalue weighted by Crippen LogP contribution is -2.52. The minimum atomic E-state index is -0.779. The SMILES string of the molecule is CCOCC(NC(=O)N1CCC(C)(C(=O)O)CC1)C(C)C. The summed E-state index contributed by atoms with van der Waals surface area (Å²) in [4.78, 5) is 25.2. The molecule has 1 unspecified atom stereocenters. The summed E-state index contributed by atoms with van der Waals surface area (Å²) in [7, 11) is 0. The molecule has 1 heterocycles. The average molecular weight is 300 g/mol. The van der Waals surface area contributed by atoms with Crippen LogP contribution in [0.3, 0.4) is 0 Å². The third-order valence-electron chi connectivity index (χ3n) is 4.29. The molecule has 0 saturated carbocycles. The second kappa shape index (κ2) is 7.64. The standard InChI is InChI=1S/C15H28N2O4/c1-5-21-10-12(11(2)3)16-14(20)17-8-6-15(4,7-9-17)13(18)19/h11-12H,5-10H2,1-4H3,(H,16,20)(H,18,19). The molecule has 0 aromatic rings. The van der Waals surface area contributed by atoms with Crippen LogP contribution in [0.2, 0.25) is 0 Å². The first-order chi connectivity index (χ1) is 9.80. The van der Waals surface area contributed by atoms with E-state index in [-0.39, 0.29) is 18.0 Å². The number of carbonyl (C=O) groups excluding carboxylic acids is 1. The Labute approximate surface area is 126 Å². The van der Waals surface area contributed by atoms with Gasteiger partial charge in [-0.15, -0.1) is 0 Å². The van der Waals surface area contributed by atoms with Gasteiger partial charge >= 0.3 is 12.0 Å².